The highest BCUT2D eigenvalue weighted by atomic mass is 16.5. The van der Waals surface area contributed by atoms with Gasteiger partial charge in [0.2, 0.25) is 0 Å². The topological polar surface area (TPSA) is 47.3 Å². The summed E-state index contributed by atoms with van der Waals surface area (Å²) in [6, 6.07) is 7.71. The Kier molecular flexibility index (Phi) is 3.62. The Morgan fingerprint density at radius 2 is 1.95 bits per heavy atom. The maximum Gasteiger partial charge on any atom is 0.128 e. The molecule has 0 aliphatic heterocycles. The molecular weight excluding hydrogens is 240 g/mol. The van der Waals surface area contributed by atoms with E-state index in [1.165, 1.54) is 0 Å². The molecule has 0 bridgehead atoms. The molecule has 0 radical (unpaired) electrons. The van der Waals surface area contributed by atoms with E-state index < -0.39 is 0 Å². The summed E-state index contributed by atoms with van der Waals surface area (Å²) >= 11 is 0. The predicted octanol–water partition coefficient (Wildman–Crippen LogP) is 2.81. The van der Waals surface area contributed by atoms with Crippen molar-refractivity contribution >= 4 is 0 Å². The molecular formula is C15H20N2O2. The second-order valence-corrected chi connectivity index (χ2v) is 5.48. The number of aromatic nitrogens is 2. The lowest BCUT2D eigenvalue weighted by atomic mass is 10.1. The number of methoxy groups -OCH3 is 1. The van der Waals surface area contributed by atoms with Crippen LogP contribution in [0.25, 0.3) is 11.3 Å². The molecule has 1 aromatic heterocycles. The molecule has 0 saturated carbocycles. The standard InChI is InChI=1S/C15H20N2O2/c1-15(2,3)17-9-11(10-18)14(16-17)12-7-5-6-8-13(12)19-4/h5-9,18H,10H2,1-4H3. The third kappa shape index (κ3) is 2.63. The van der Waals surface area contributed by atoms with Crippen molar-refractivity contribution in [3.8, 4) is 17.0 Å². The molecule has 2 aromatic rings. The van der Waals surface area contributed by atoms with Crippen molar-refractivity contribution in [2.75, 3.05) is 7.11 Å². The van der Waals surface area contributed by atoms with Crippen LogP contribution in [0, 0.1) is 0 Å². The molecule has 1 heterocycles. The fourth-order valence-electron chi connectivity index (χ4n) is 1.94. The van der Waals surface area contributed by atoms with E-state index in [-0.39, 0.29) is 12.1 Å². The minimum Gasteiger partial charge on any atom is -0.496 e. The zero-order valence-electron chi connectivity index (χ0n) is 11.8. The fourth-order valence-corrected chi connectivity index (χ4v) is 1.94. The van der Waals surface area contributed by atoms with Gasteiger partial charge in [0.25, 0.3) is 0 Å². The van der Waals surface area contributed by atoms with E-state index in [0.717, 1.165) is 22.6 Å². The van der Waals surface area contributed by atoms with Crippen LogP contribution in [-0.4, -0.2) is 22.0 Å². The summed E-state index contributed by atoms with van der Waals surface area (Å²) in [5, 5.41) is 14.1. The first kappa shape index (κ1) is 13.6. The largest absolute Gasteiger partial charge is 0.496 e. The Morgan fingerprint density at radius 3 is 2.53 bits per heavy atom. The molecule has 1 N–H and O–H groups in total. The molecule has 0 saturated heterocycles. The molecule has 0 aliphatic carbocycles. The Balaban J connectivity index is 2.58. The lowest BCUT2D eigenvalue weighted by Crippen LogP contribution is -2.22. The number of nitrogens with zero attached hydrogens (tertiary/aromatic N) is 2. The Bertz CT molecular complexity index is 568. The fraction of sp³-hybridized carbons (Fsp3) is 0.400. The van der Waals surface area contributed by atoms with Gasteiger partial charge in [0.1, 0.15) is 11.4 Å². The van der Waals surface area contributed by atoms with Crippen LogP contribution in [0.4, 0.5) is 0 Å². The Labute approximate surface area is 113 Å². The van der Waals surface area contributed by atoms with Crippen molar-refractivity contribution in [3.63, 3.8) is 0 Å². The quantitative estimate of drug-likeness (QED) is 0.923. The number of hydrogen-bond donors (Lipinski definition) is 1. The van der Waals surface area contributed by atoms with Gasteiger partial charge >= 0.3 is 0 Å². The lowest BCUT2D eigenvalue weighted by Gasteiger charge is -2.18. The molecule has 4 nitrogen and oxygen atoms in total. The molecule has 102 valence electrons. The maximum atomic E-state index is 9.53. The van der Waals surface area contributed by atoms with Crippen LogP contribution in [0.3, 0.4) is 0 Å². The highest BCUT2D eigenvalue weighted by Gasteiger charge is 2.20. The van der Waals surface area contributed by atoms with Crippen LogP contribution in [-0.2, 0) is 12.1 Å². The summed E-state index contributed by atoms with van der Waals surface area (Å²) in [4.78, 5) is 0. The summed E-state index contributed by atoms with van der Waals surface area (Å²) in [6.07, 6.45) is 1.89. The lowest BCUT2D eigenvalue weighted by molar-refractivity contribution is 0.281. The van der Waals surface area contributed by atoms with Gasteiger partial charge in [-0.3, -0.25) is 4.68 Å². The van der Waals surface area contributed by atoms with E-state index in [1.54, 1.807) is 7.11 Å². The van der Waals surface area contributed by atoms with Gasteiger partial charge in [-0.25, -0.2) is 0 Å². The van der Waals surface area contributed by atoms with E-state index in [0.29, 0.717) is 0 Å². The summed E-state index contributed by atoms with van der Waals surface area (Å²) in [6.45, 7) is 6.19. The molecule has 1 aromatic carbocycles. The van der Waals surface area contributed by atoms with Gasteiger partial charge in [0.15, 0.2) is 0 Å². The number of ether oxygens (including phenoxy) is 1. The first-order valence-corrected chi connectivity index (χ1v) is 6.30. The minimum absolute atomic E-state index is 0.0382. The number of hydrogen-bond acceptors (Lipinski definition) is 3. The van der Waals surface area contributed by atoms with E-state index in [1.807, 2.05) is 35.1 Å². The Morgan fingerprint density at radius 1 is 1.26 bits per heavy atom. The van der Waals surface area contributed by atoms with Crippen LogP contribution < -0.4 is 4.74 Å². The summed E-state index contributed by atoms with van der Waals surface area (Å²) in [5.74, 6) is 0.761. The van der Waals surface area contributed by atoms with Crippen LogP contribution in [0.1, 0.15) is 26.3 Å². The first-order valence-electron chi connectivity index (χ1n) is 6.30. The van der Waals surface area contributed by atoms with Gasteiger partial charge in [0.05, 0.1) is 19.3 Å². The molecule has 0 fully saturated rings. The van der Waals surface area contributed by atoms with E-state index >= 15 is 0 Å². The number of aliphatic hydroxyl groups is 1. The van der Waals surface area contributed by atoms with Gasteiger partial charge in [-0.1, -0.05) is 12.1 Å². The summed E-state index contributed by atoms with van der Waals surface area (Å²) in [5.41, 5.74) is 2.36. The van der Waals surface area contributed by atoms with Gasteiger partial charge in [-0.2, -0.15) is 5.10 Å². The van der Waals surface area contributed by atoms with E-state index in [9.17, 15) is 5.11 Å². The second-order valence-electron chi connectivity index (χ2n) is 5.48. The van der Waals surface area contributed by atoms with E-state index in [2.05, 4.69) is 25.9 Å². The van der Waals surface area contributed by atoms with Gasteiger partial charge in [-0.15, -0.1) is 0 Å². The average Bonchev–Trinajstić information content (AvgIpc) is 2.82. The third-order valence-corrected chi connectivity index (χ3v) is 3.01. The monoisotopic (exact) mass is 260 g/mol. The van der Waals surface area contributed by atoms with Crippen LogP contribution >= 0.6 is 0 Å². The zero-order valence-corrected chi connectivity index (χ0v) is 11.8. The van der Waals surface area contributed by atoms with Crippen molar-refractivity contribution < 1.29 is 9.84 Å². The molecule has 0 atom stereocenters. The van der Waals surface area contributed by atoms with Crippen molar-refractivity contribution in [1.29, 1.82) is 0 Å². The van der Waals surface area contributed by atoms with E-state index in [4.69, 9.17) is 4.74 Å². The molecule has 2 rings (SSSR count). The highest BCUT2D eigenvalue weighted by Crippen LogP contribution is 2.32. The van der Waals surface area contributed by atoms with Gasteiger partial charge in [-0.05, 0) is 32.9 Å². The van der Waals surface area contributed by atoms with Crippen molar-refractivity contribution in [3.05, 3.63) is 36.0 Å². The molecule has 0 amide bonds. The van der Waals surface area contributed by atoms with Crippen LogP contribution in [0.2, 0.25) is 0 Å². The average molecular weight is 260 g/mol. The van der Waals surface area contributed by atoms with Gasteiger partial charge in [0, 0.05) is 17.3 Å². The van der Waals surface area contributed by atoms with Gasteiger partial charge < -0.3 is 9.84 Å². The summed E-state index contributed by atoms with van der Waals surface area (Å²) in [7, 11) is 1.64. The predicted molar refractivity (Wildman–Crippen MR) is 75.1 cm³/mol. The SMILES string of the molecule is COc1ccccc1-c1nn(C(C)(C)C)cc1CO. The normalized spacial score (nSPS) is 11.6. The van der Waals surface area contributed by atoms with Crippen LogP contribution in [0.15, 0.2) is 30.5 Å². The maximum absolute atomic E-state index is 9.53. The smallest absolute Gasteiger partial charge is 0.128 e. The minimum atomic E-state index is -0.121. The molecule has 0 unspecified atom stereocenters. The molecule has 0 spiro atoms. The van der Waals surface area contributed by atoms with Crippen molar-refractivity contribution in [1.82, 2.24) is 9.78 Å². The van der Waals surface area contributed by atoms with Crippen molar-refractivity contribution in [2.24, 2.45) is 0 Å². The molecule has 0 aliphatic rings. The third-order valence-electron chi connectivity index (χ3n) is 3.01. The zero-order chi connectivity index (χ0) is 14.0. The van der Waals surface area contributed by atoms with Crippen molar-refractivity contribution in [2.45, 2.75) is 32.9 Å². The number of rotatable bonds is 3. The number of benzene rings is 1. The number of para-hydroxylation sites is 1. The first-order chi connectivity index (χ1) is 8.97. The molecule has 19 heavy (non-hydrogen) atoms. The highest BCUT2D eigenvalue weighted by molar-refractivity contribution is 5.69. The summed E-state index contributed by atoms with van der Waals surface area (Å²) < 4.78 is 7.24. The number of aliphatic hydroxyl groups excluding tert-OH is 1. The Hall–Kier alpha value is -1.81. The van der Waals surface area contributed by atoms with Crippen LogP contribution in [0.5, 0.6) is 5.75 Å². The molecule has 4 heteroatoms. The second kappa shape index (κ2) is 5.05.